The summed E-state index contributed by atoms with van der Waals surface area (Å²) in [7, 11) is 0. The lowest BCUT2D eigenvalue weighted by Gasteiger charge is -2.32. The fourth-order valence-corrected chi connectivity index (χ4v) is 5.17. The standard InChI is InChI=1S/C25H33Cl2N5O7/c1-3-15-22(36)30-17(11-33)23(37)29-16(13-7-5-4-6-8-13)9-18(35)31-20(12(2)34)25(39)32-10-14(26)19(27)21(32)24(38)28-15/h4-8,12,14-17,19-21,33-34H,3,9-11H2,1-2H3,(H,28,38)(H,29,37)(H,30,36)(H,31,35)/t12-,14+,15+,16+,17+,19+,20-,21-/m1/s1. The van der Waals surface area contributed by atoms with E-state index in [0.717, 1.165) is 4.90 Å². The van der Waals surface area contributed by atoms with Gasteiger partial charge in [0.2, 0.25) is 29.5 Å². The number of nitrogens with one attached hydrogen (secondary N) is 4. The third-order valence-corrected chi connectivity index (χ3v) is 7.82. The maximum absolute atomic E-state index is 13.5. The van der Waals surface area contributed by atoms with Gasteiger partial charge >= 0.3 is 0 Å². The van der Waals surface area contributed by atoms with Gasteiger partial charge in [0.15, 0.2) is 0 Å². The molecule has 0 saturated carbocycles. The van der Waals surface area contributed by atoms with Crippen LogP contribution in [0, 0.1) is 0 Å². The van der Waals surface area contributed by atoms with Crippen molar-refractivity contribution in [1.82, 2.24) is 26.2 Å². The van der Waals surface area contributed by atoms with Crippen molar-refractivity contribution < 1.29 is 34.2 Å². The number of fused-ring (bicyclic) bond motifs is 1. The third-order valence-electron chi connectivity index (χ3n) is 6.74. The Bertz CT molecular complexity index is 1080. The number of nitrogens with zero attached hydrogens (tertiary/aromatic N) is 1. The fourth-order valence-electron chi connectivity index (χ4n) is 4.56. The van der Waals surface area contributed by atoms with Gasteiger partial charge in [-0.1, -0.05) is 37.3 Å². The summed E-state index contributed by atoms with van der Waals surface area (Å²) in [4.78, 5) is 67.0. The molecule has 1 aromatic carbocycles. The van der Waals surface area contributed by atoms with Gasteiger partial charge in [-0.15, -0.1) is 23.2 Å². The van der Waals surface area contributed by atoms with Crippen molar-refractivity contribution in [3.05, 3.63) is 35.9 Å². The quantitative estimate of drug-likeness (QED) is 0.243. The number of rotatable bonds is 4. The largest absolute Gasteiger partial charge is 0.394 e. The number of alkyl halides is 2. The molecule has 39 heavy (non-hydrogen) atoms. The van der Waals surface area contributed by atoms with E-state index in [9.17, 15) is 34.2 Å². The molecule has 6 N–H and O–H groups in total. The summed E-state index contributed by atoms with van der Waals surface area (Å²) in [6.07, 6.45) is -1.57. The zero-order chi connectivity index (χ0) is 28.9. The van der Waals surface area contributed by atoms with Gasteiger partial charge in [0.05, 0.1) is 35.9 Å². The molecular formula is C25H33Cl2N5O7. The van der Waals surface area contributed by atoms with E-state index in [2.05, 4.69) is 21.3 Å². The van der Waals surface area contributed by atoms with E-state index in [1.165, 1.54) is 6.92 Å². The zero-order valence-electron chi connectivity index (χ0n) is 21.5. The molecule has 2 heterocycles. The van der Waals surface area contributed by atoms with Crippen molar-refractivity contribution in [1.29, 1.82) is 0 Å². The number of halogens is 2. The van der Waals surface area contributed by atoms with E-state index in [0.29, 0.717) is 5.56 Å². The van der Waals surface area contributed by atoms with Crippen LogP contribution >= 0.6 is 23.2 Å². The van der Waals surface area contributed by atoms with Gasteiger partial charge in [0.25, 0.3) is 0 Å². The van der Waals surface area contributed by atoms with Crippen LogP contribution in [0.3, 0.4) is 0 Å². The van der Waals surface area contributed by atoms with Crippen LogP contribution in [-0.2, 0) is 24.0 Å². The minimum atomic E-state index is -1.45. The maximum atomic E-state index is 13.5. The van der Waals surface area contributed by atoms with Crippen LogP contribution in [-0.4, -0.2) is 98.8 Å². The molecule has 214 valence electrons. The molecule has 0 unspecified atom stereocenters. The maximum Gasteiger partial charge on any atom is 0.248 e. The summed E-state index contributed by atoms with van der Waals surface area (Å²) in [6, 6.07) is 2.37. The molecule has 2 fully saturated rings. The Morgan fingerprint density at radius 1 is 0.949 bits per heavy atom. The number of carbonyl (C=O) groups excluding carboxylic acids is 5. The first-order valence-electron chi connectivity index (χ1n) is 12.6. The zero-order valence-corrected chi connectivity index (χ0v) is 23.0. The SMILES string of the molecule is CC[C@@H]1NC(=O)[C@H]2[C@@H](Cl)[C@@H](Cl)CN2C(=O)[C@@H]([C@@H](C)O)NC(=O)C[C@@H](c2ccccc2)NC(=O)[C@H](CO)NC1=O. The molecule has 8 atom stereocenters. The Balaban J connectivity index is 2.03. The average molecular weight is 586 g/mol. The van der Waals surface area contributed by atoms with E-state index < -0.39 is 83.2 Å². The first-order valence-corrected chi connectivity index (χ1v) is 13.5. The Labute approximate surface area is 235 Å². The van der Waals surface area contributed by atoms with Gasteiger partial charge in [-0.25, -0.2) is 0 Å². The summed E-state index contributed by atoms with van der Waals surface area (Å²) >= 11 is 12.7. The first-order chi connectivity index (χ1) is 18.5. The highest BCUT2D eigenvalue weighted by Crippen LogP contribution is 2.29. The van der Waals surface area contributed by atoms with Crippen molar-refractivity contribution in [3.63, 3.8) is 0 Å². The molecule has 14 heteroatoms. The van der Waals surface area contributed by atoms with Crippen LogP contribution in [0.5, 0.6) is 0 Å². The predicted molar refractivity (Wildman–Crippen MR) is 142 cm³/mol. The highest BCUT2D eigenvalue weighted by Gasteiger charge is 2.49. The van der Waals surface area contributed by atoms with Crippen LogP contribution in [0.4, 0.5) is 0 Å². The topological polar surface area (TPSA) is 177 Å². The van der Waals surface area contributed by atoms with E-state index in [-0.39, 0.29) is 19.4 Å². The average Bonchev–Trinajstić information content (AvgIpc) is 3.21. The van der Waals surface area contributed by atoms with E-state index in [4.69, 9.17) is 23.2 Å². The minimum Gasteiger partial charge on any atom is -0.394 e. The number of aliphatic hydroxyl groups excluding tert-OH is 2. The smallest absolute Gasteiger partial charge is 0.248 e. The Hall–Kier alpha value is -2.93. The first kappa shape index (κ1) is 30.6. The highest BCUT2D eigenvalue weighted by atomic mass is 35.5. The Morgan fingerprint density at radius 3 is 2.15 bits per heavy atom. The molecule has 0 spiro atoms. The summed E-state index contributed by atoms with van der Waals surface area (Å²) < 4.78 is 0. The molecule has 1 aromatic rings. The van der Waals surface area contributed by atoms with Gasteiger partial charge in [-0.2, -0.15) is 0 Å². The fraction of sp³-hybridized carbons (Fsp3) is 0.560. The normalized spacial score (nSPS) is 32.0. The number of benzene rings is 1. The number of aliphatic hydroxyl groups is 2. The lowest BCUT2D eigenvalue weighted by molar-refractivity contribution is -0.144. The summed E-state index contributed by atoms with van der Waals surface area (Å²) in [5.74, 6) is -3.75. The molecule has 0 aromatic heterocycles. The number of carbonyl (C=O) groups is 5. The molecular weight excluding hydrogens is 553 g/mol. The van der Waals surface area contributed by atoms with Gasteiger partial charge in [-0.05, 0) is 18.9 Å². The Morgan fingerprint density at radius 2 is 1.56 bits per heavy atom. The van der Waals surface area contributed by atoms with E-state index in [1.807, 2.05) is 0 Å². The van der Waals surface area contributed by atoms with Crippen LogP contribution in [0.2, 0.25) is 0 Å². The van der Waals surface area contributed by atoms with Gasteiger partial charge in [0.1, 0.15) is 24.2 Å². The van der Waals surface area contributed by atoms with Crippen LogP contribution in [0.25, 0.3) is 0 Å². The molecule has 0 radical (unpaired) electrons. The van der Waals surface area contributed by atoms with Crippen molar-refractivity contribution in [2.24, 2.45) is 0 Å². The van der Waals surface area contributed by atoms with Crippen molar-refractivity contribution >= 4 is 52.7 Å². The van der Waals surface area contributed by atoms with E-state index in [1.54, 1.807) is 37.3 Å². The minimum absolute atomic E-state index is 0.119. The summed E-state index contributed by atoms with van der Waals surface area (Å²) in [6.45, 7) is 2.05. The van der Waals surface area contributed by atoms with Crippen molar-refractivity contribution in [2.45, 2.75) is 73.8 Å². The molecule has 0 bridgehead atoms. The van der Waals surface area contributed by atoms with Crippen LogP contribution in [0.15, 0.2) is 30.3 Å². The van der Waals surface area contributed by atoms with Crippen LogP contribution in [0.1, 0.15) is 38.3 Å². The molecule has 2 saturated heterocycles. The number of hydrogen-bond donors (Lipinski definition) is 6. The number of amides is 5. The number of hydrogen-bond acceptors (Lipinski definition) is 7. The third kappa shape index (κ3) is 7.18. The second kappa shape index (κ2) is 13.4. The monoisotopic (exact) mass is 585 g/mol. The van der Waals surface area contributed by atoms with Gasteiger partial charge in [-0.3, -0.25) is 24.0 Å². The molecule has 2 aliphatic heterocycles. The lowest BCUT2D eigenvalue weighted by atomic mass is 10.0. The van der Waals surface area contributed by atoms with Crippen molar-refractivity contribution in [3.8, 4) is 0 Å². The summed E-state index contributed by atoms with van der Waals surface area (Å²) in [5, 5.41) is 28.5. The Kier molecular flexibility index (Phi) is 10.5. The second-order valence-electron chi connectivity index (χ2n) is 9.57. The molecule has 5 amide bonds. The van der Waals surface area contributed by atoms with Gasteiger partial charge in [0, 0.05) is 6.54 Å². The van der Waals surface area contributed by atoms with E-state index >= 15 is 0 Å². The highest BCUT2D eigenvalue weighted by molar-refractivity contribution is 6.32. The van der Waals surface area contributed by atoms with Crippen LogP contribution < -0.4 is 21.3 Å². The van der Waals surface area contributed by atoms with Gasteiger partial charge < -0.3 is 36.4 Å². The van der Waals surface area contributed by atoms with Crippen molar-refractivity contribution in [2.75, 3.05) is 13.2 Å². The second-order valence-corrected chi connectivity index (χ2v) is 10.6. The molecule has 12 nitrogen and oxygen atoms in total. The molecule has 3 rings (SSSR count). The lowest BCUT2D eigenvalue weighted by Crippen LogP contribution is -2.61. The molecule has 0 aliphatic carbocycles. The molecule has 2 aliphatic rings. The summed E-state index contributed by atoms with van der Waals surface area (Å²) in [5.41, 5.74) is 0.554. The predicted octanol–water partition coefficient (Wildman–Crippen LogP) is -1.09.